The van der Waals surface area contributed by atoms with Crippen LogP contribution in [0, 0.1) is 0 Å². The number of anilines is 1. The summed E-state index contributed by atoms with van der Waals surface area (Å²) in [6.45, 7) is 0. The van der Waals surface area contributed by atoms with Crippen LogP contribution in [-0.2, 0) is 17.1 Å². The van der Waals surface area contributed by atoms with E-state index in [1.807, 2.05) is 0 Å². The highest BCUT2D eigenvalue weighted by molar-refractivity contribution is 9.10. The second-order valence-corrected chi connectivity index (χ2v) is 6.52. The quantitative estimate of drug-likeness (QED) is 0.747. The van der Waals surface area contributed by atoms with E-state index in [4.69, 9.17) is 0 Å². The van der Waals surface area contributed by atoms with Gasteiger partial charge in [0, 0.05) is 19.4 Å². The molecule has 0 saturated heterocycles. The van der Waals surface area contributed by atoms with Crippen molar-refractivity contribution in [2.24, 2.45) is 7.05 Å². The molecule has 0 spiro atoms. The molecule has 10 heteroatoms. The van der Waals surface area contributed by atoms with Crippen molar-refractivity contribution in [1.82, 2.24) is 25.0 Å². The van der Waals surface area contributed by atoms with Crippen LogP contribution in [0.1, 0.15) is 0 Å². The Labute approximate surface area is 128 Å². The van der Waals surface area contributed by atoms with Crippen LogP contribution in [0.3, 0.4) is 0 Å². The zero-order chi connectivity index (χ0) is 15.0. The van der Waals surface area contributed by atoms with Gasteiger partial charge in [-0.15, -0.1) is 5.10 Å². The summed E-state index contributed by atoms with van der Waals surface area (Å²) < 4.78 is 28.5. The number of sulfonamides is 1. The summed E-state index contributed by atoms with van der Waals surface area (Å²) in [6, 6.07) is 4.92. The summed E-state index contributed by atoms with van der Waals surface area (Å²) >= 11 is 3.07. The van der Waals surface area contributed by atoms with E-state index in [0.717, 1.165) is 0 Å². The normalized spacial score (nSPS) is 11.7. The van der Waals surface area contributed by atoms with Gasteiger partial charge < -0.3 is 0 Å². The van der Waals surface area contributed by atoms with Crippen LogP contribution in [0.4, 0.5) is 5.69 Å². The predicted molar refractivity (Wildman–Crippen MR) is 79.0 cm³/mol. The van der Waals surface area contributed by atoms with Crippen LogP contribution >= 0.6 is 15.9 Å². The van der Waals surface area contributed by atoms with Crippen molar-refractivity contribution >= 4 is 42.7 Å². The van der Waals surface area contributed by atoms with Crippen molar-refractivity contribution < 1.29 is 8.42 Å². The Hall–Kier alpha value is -2.07. The first-order valence-electron chi connectivity index (χ1n) is 5.76. The van der Waals surface area contributed by atoms with Crippen LogP contribution in [-0.4, -0.2) is 33.4 Å². The van der Waals surface area contributed by atoms with Crippen LogP contribution < -0.4 is 4.72 Å². The lowest BCUT2D eigenvalue weighted by Crippen LogP contribution is -2.17. The highest BCUT2D eigenvalue weighted by Gasteiger charge is 2.24. The molecule has 0 bridgehead atoms. The summed E-state index contributed by atoms with van der Waals surface area (Å²) in [7, 11) is -2.31. The van der Waals surface area contributed by atoms with E-state index in [9.17, 15) is 8.42 Å². The second-order valence-electron chi connectivity index (χ2n) is 4.17. The zero-order valence-electron chi connectivity index (χ0n) is 10.7. The Kier molecular flexibility index (Phi) is 3.33. The molecule has 0 atom stereocenters. The summed E-state index contributed by atoms with van der Waals surface area (Å²) in [5.74, 6) is 0. The first-order chi connectivity index (χ1) is 9.97. The van der Waals surface area contributed by atoms with Crippen molar-refractivity contribution in [3.05, 3.63) is 35.2 Å². The Bertz CT molecular complexity index is 904. The number of fused-ring (bicyclic) bond motifs is 1. The number of hydrogen-bond donors (Lipinski definition) is 1. The highest BCUT2D eigenvalue weighted by Crippen LogP contribution is 2.22. The number of nitrogens with one attached hydrogen (secondary N) is 1. The molecule has 108 valence electrons. The molecule has 21 heavy (non-hydrogen) atoms. The van der Waals surface area contributed by atoms with E-state index in [1.165, 1.54) is 11.7 Å². The van der Waals surface area contributed by atoms with Gasteiger partial charge in [-0.05, 0) is 34.1 Å². The Morgan fingerprint density at radius 3 is 2.57 bits per heavy atom. The number of aromatic nitrogens is 5. The minimum atomic E-state index is -3.81. The Morgan fingerprint density at radius 1 is 1.19 bits per heavy atom. The van der Waals surface area contributed by atoms with Crippen LogP contribution in [0.15, 0.2) is 40.2 Å². The lowest BCUT2D eigenvalue weighted by atomic mass is 10.3. The molecule has 8 nitrogen and oxygen atoms in total. The second kappa shape index (κ2) is 5.04. The summed E-state index contributed by atoms with van der Waals surface area (Å²) in [6.07, 6.45) is 3.12. The lowest BCUT2D eigenvalue weighted by Gasteiger charge is -2.08. The average molecular weight is 369 g/mol. The third kappa shape index (κ3) is 2.59. The van der Waals surface area contributed by atoms with Crippen molar-refractivity contribution in [2.75, 3.05) is 4.72 Å². The standard InChI is InChI=1S/C11H9BrN6O2S/c1-18-11(10(12)15-17-18)21(19,20)16-7-2-3-8-9(6-7)14-5-4-13-8/h2-6,16H,1H3. The first-order valence-corrected chi connectivity index (χ1v) is 8.04. The van der Waals surface area contributed by atoms with Crippen LogP contribution in [0.5, 0.6) is 0 Å². The maximum Gasteiger partial charge on any atom is 0.281 e. The number of aryl methyl sites for hydroxylation is 1. The molecule has 0 aliphatic rings. The van der Waals surface area contributed by atoms with Crippen LogP contribution in [0.25, 0.3) is 11.0 Å². The minimum Gasteiger partial charge on any atom is -0.278 e. The Morgan fingerprint density at radius 2 is 1.90 bits per heavy atom. The van der Waals surface area contributed by atoms with Gasteiger partial charge in [-0.1, -0.05) is 5.21 Å². The molecule has 2 aromatic heterocycles. The van der Waals surface area contributed by atoms with E-state index in [0.29, 0.717) is 16.7 Å². The topological polar surface area (TPSA) is 103 Å². The van der Waals surface area contributed by atoms with Gasteiger partial charge in [-0.3, -0.25) is 14.7 Å². The number of nitrogens with zero attached hydrogens (tertiary/aromatic N) is 5. The molecule has 0 radical (unpaired) electrons. The van der Waals surface area contributed by atoms with Crippen LogP contribution in [0.2, 0.25) is 0 Å². The lowest BCUT2D eigenvalue weighted by molar-refractivity contribution is 0.578. The molecule has 0 aliphatic heterocycles. The molecule has 2 heterocycles. The van der Waals surface area contributed by atoms with Gasteiger partial charge in [0.25, 0.3) is 10.0 Å². The van der Waals surface area contributed by atoms with Gasteiger partial charge in [-0.25, -0.2) is 4.68 Å². The smallest absolute Gasteiger partial charge is 0.278 e. The van der Waals surface area contributed by atoms with E-state index in [1.54, 1.807) is 30.6 Å². The van der Waals surface area contributed by atoms with Gasteiger partial charge in [0.15, 0.2) is 4.60 Å². The minimum absolute atomic E-state index is 0.0539. The van der Waals surface area contributed by atoms with Gasteiger partial charge >= 0.3 is 0 Å². The van der Waals surface area contributed by atoms with E-state index in [2.05, 4.69) is 40.9 Å². The fraction of sp³-hybridized carbons (Fsp3) is 0.0909. The molecule has 0 aliphatic carbocycles. The summed E-state index contributed by atoms with van der Waals surface area (Å²) in [4.78, 5) is 8.26. The van der Waals surface area contributed by atoms with Crippen molar-refractivity contribution in [3.63, 3.8) is 0 Å². The predicted octanol–water partition coefficient (Wildman–Crippen LogP) is 1.32. The van der Waals surface area contributed by atoms with E-state index in [-0.39, 0.29) is 9.63 Å². The van der Waals surface area contributed by atoms with E-state index >= 15 is 0 Å². The average Bonchev–Trinajstić information content (AvgIpc) is 2.78. The van der Waals surface area contributed by atoms with Crippen molar-refractivity contribution in [1.29, 1.82) is 0 Å². The maximum atomic E-state index is 12.4. The van der Waals surface area contributed by atoms with Crippen molar-refractivity contribution in [3.8, 4) is 0 Å². The van der Waals surface area contributed by atoms with Gasteiger partial charge in [0.2, 0.25) is 5.03 Å². The van der Waals surface area contributed by atoms with Gasteiger partial charge in [-0.2, -0.15) is 8.42 Å². The zero-order valence-corrected chi connectivity index (χ0v) is 13.1. The van der Waals surface area contributed by atoms with Gasteiger partial charge in [0.05, 0.1) is 16.7 Å². The molecule has 3 rings (SSSR count). The molecule has 1 aromatic carbocycles. The first kappa shape index (κ1) is 13.9. The number of halogens is 1. The molecule has 0 saturated carbocycles. The number of rotatable bonds is 3. The number of hydrogen-bond acceptors (Lipinski definition) is 6. The third-order valence-electron chi connectivity index (χ3n) is 2.71. The SMILES string of the molecule is Cn1nnc(Br)c1S(=O)(=O)Nc1ccc2nccnc2c1. The monoisotopic (exact) mass is 368 g/mol. The van der Waals surface area contributed by atoms with Gasteiger partial charge in [0.1, 0.15) is 0 Å². The largest absolute Gasteiger partial charge is 0.281 e. The third-order valence-corrected chi connectivity index (χ3v) is 4.98. The molecule has 3 aromatic rings. The molecular weight excluding hydrogens is 360 g/mol. The highest BCUT2D eigenvalue weighted by atomic mass is 79.9. The summed E-state index contributed by atoms with van der Waals surface area (Å²) in [5.41, 5.74) is 1.67. The maximum absolute atomic E-state index is 12.4. The van der Waals surface area contributed by atoms with E-state index < -0.39 is 10.0 Å². The molecule has 1 N–H and O–H groups in total. The number of benzene rings is 1. The molecule has 0 amide bonds. The summed E-state index contributed by atoms with van der Waals surface area (Å²) in [5, 5.41) is 7.26. The molecule has 0 fully saturated rings. The molecular formula is C11H9BrN6O2S. The fourth-order valence-electron chi connectivity index (χ4n) is 1.84. The van der Waals surface area contributed by atoms with Crippen molar-refractivity contribution in [2.45, 2.75) is 5.03 Å². The fourth-order valence-corrected chi connectivity index (χ4v) is 3.99. The Balaban J connectivity index is 2.01. The molecule has 0 unspecified atom stereocenters.